The number of ether oxygens (including phenoxy) is 1. The standard InChI is InChI=1S/C16H24O2/c1-6-7-14(10-15(17)18-5)16-12(3)8-11(2)9-13(16)4/h8-9,14H,6-7,10H2,1-5H3. The van der Waals surface area contributed by atoms with Crippen LogP contribution in [-0.2, 0) is 9.53 Å². The molecule has 1 unspecified atom stereocenters. The molecule has 0 aliphatic heterocycles. The highest BCUT2D eigenvalue weighted by Gasteiger charge is 2.19. The van der Waals surface area contributed by atoms with E-state index in [4.69, 9.17) is 4.74 Å². The number of aryl methyl sites for hydroxylation is 3. The highest BCUT2D eigenvalue weighted by Crippen LogP contribution is 2.31. The molecular formula is C16H24O2. The van der Waals surface area contributed by atoms with Crippen molar-refractivity contribution in [3.05, 3.63) is 34.4 Å². The summed E-state index contributed by atoms with van der Waals surface area (Å²) in [7, 11) is 1.46. The topological polar surface area (TPSA) is 26.3 Å². The Morgan fingerprint density at radius 3 is 2.22 bits per heavy atom. The normalized spacial score (nSPS) is 12.3. The van der Waals surface area contributed by atoms with Gasteiger partial charge in [-0.05, 0) is 49.8 Å². The third kappa shape index (κ3) is 3.59. The van der Waals surface area contributed by atoms with Crippen LogP contribution in [-0.4, -0.2) is 13.1 Å². The first-order chi connectivity index (χ1) is 8.49. The van der Waals surface area contributed by atoms with Crippen LogP contribution in [0.4, 0.5) is 0 Å². The number of hydrogen-bond donors (Lipinski definition) is 0. The number of carbonyl (C=O) groups is 1. The maximum Gasteiger partial charge on any atom is 0.306 e. The Kier molecular flexibility index (Phi) is 5.39. The molecule has 1 atom stereocenters. The molecule has 0 amide bonds. The number of carbonyl (C=O) groups excluding carboxylic acids is 1. The maximum atomic E-state index is 11.5. The molecule has 18 heavy (non-hydrogen) atoms. The van der Waals surface area contributed by atoms with Gasteiger partial charge in [-0.3, -0.25) is 4.79 Å². The molecule has 0 spiro atoms. The summed E-state index contributed by atoms with van der Waals surface area (Å²) in [5, 5.41) is 0. The molecule has 0 bridgehead atoms. The summed E-state index contributed by atoms with van der Waals surface area (Å²) in [5.74, 6) is 0.163. The summed E-state index contributed by atoms with van der Waals surface area (Å²) in [4.78, 5) is 11.5. The van der Waals surface area contributed by atoms with E-state index in [0.29, 0.717) is 6.42 Å². The number of esters is 1. The molecular weight excluding hydrogens is 224 g/mol. The molecule has 0 fully saturated rings. The Hall–Kier alpha value is -1.31. The number of benzene rings is 1. The van der Waals surface area contributed by atoms with Gasteiger partial charge < -0.3 is 4.74 Å². The molecule has 0 N–H and O–H groups in total. The summed E-state index contributed by atoms with van der Waals surface area (Å²) in [6.45, 7) is 8.53. The summed E-state index contributed by atoms with van der Waals surface area (Å²) in [6, 6.07) is 4.39. The molecule has 0 aromatic heterocycles. The molecule has 2 nitrogen and oxygen atoms in total. The van der Waals surface area contributed by atoms with Crippen LogP contribution < -0.4 is 0 Å². The molecule has 0 aliphatic rings. The van der Waals surface area contributed by atoms with Gasteiger partial charge in [0.05, 0.1) is 13.5 Å². The minimum Gasteiger partial charge on any atom is -0.469 e. The second-order valence-electron chi connectivity index (χ2n) is 5.08. The van der Waals surface area contributed by atoms with Crippen molar-refractivity contribution < 1.29 is 9.53 Å². The van der Waals surface area contributed by atoms with E-state index in [-0.39, 0.29) is 11.9 Å². The minimum atomic E-state index is -0.118. The van der Waals surface area contributed by atoms with Gasteiger partial charge in [-0.25, -0.2) is 0 Å². The van der Waals surface area contributed by atoms with E-state index in [1.807, 2.05) is 0 Å². The van der Waals surface area contributed by atoms with Crippen molar-refractivity contribution in [1.82, 2.24) is 0 Å². The van der Waals surface area contributed by atoms with E-state index in [0.717, 1.165) is 12.8 Å². The van der Waals surface area contributed by atoms with Gasteiger partial charge in [-0.15, -0.1) is 0 Å². The van der Waals surface area contributed by atoms with Crippen LogP contribution in [0.25, 0.3) is 0 Å². The predicted octanol–water partition coefficient (Wildman–Crippen LogP) is 4.06. The zero-order valence-electron chi connectivity index (χ0n) is 12.2. The van der Waals surface area contributed by atoms with Gasteiger partial charge in [0, 0.05) is 0 Å². The molecule has 1 rings (SSSR count). The average molecular weight is 248 g/mol. The molecule has 2 heteroatoms. The van der Waals surface area contributed by atoms with E-state index < -0.39 is 0 Å². The third-order valence-corrected chi connectivity index (χ3v) is 3.42. The SMILES string of the molecule is CCCC(CC(=O)OC)c1c(C)cc(C)cc1C. The van der Waals surface area contributed by atoms with Crippen molar-refractivity contribution in [3.8, 4) is 0 Å². The van der Waals surface area contributed by atoms with Crippen LogP contribution in [0.15, 0.2) is 12.1 Å². The average Bonchev–Trinajstić information content (AvgIpc) is 2.27. The molecule has 0 radical (unpaired) electrons. The first kappa shape index (κ1) is 14.7. The van der Waals surface area contributed by atoms with Crippen molar-refractivity contribution in [3.63, 3.8) is 0 Å². The van der Waals surface area contributed by atoms with Gasteiger partial charge in [0.15, 0.2) is 0 Å². The van der Waals surface area contributed by atoms with Gasteiger partial charge in [-0.1, -0.05) is 31.0 Å². The summed E-state index contributed by atoms with van der Waals surface area (Å²) in [5.41, 5.74) is 5.18. The Bertz CT molecular complexity index is 398. The first-order valence-corrected chi connectivity index (χ1v) is 6.64. The lowest BCUT2D eigenvalue weighted by molar-refractivity contribution is -0.141. The van der Waals surface area contributed by atoms with Crippen LogP contribution in [0.2, 0.25) is 0 Å². The van der Waals surface area contributed by atoms with Crippen molar-refractivity contribution in [2.24, 2.45) is 0 Å². The van der Waals surface area contributed by atoms with E-state index in [1.165, 1.54) is 29.4 Å². The Balaban J connectivity index is 3.09. The molecule has 0 aliphatic carbocycles. The van der Waals surface area contributed by atoms with Crippen molar-refractivity contribution in [1.29, 1.82) is 0 Å². The highest BCUT2D eigenvalue weighted by molar-refractivity contribution is 5.70. The van der Waals surface area contributed by atoms with Crippen LogP contribution in [0.1, 0.15) is 54.4 Å². The van der Waals surface area contributed by atoms with Crippen molar-refractivity contribution in [2.45, 2.75) is 52.9 Å². The van der Waals surface area contributed by atoms with E-state index in [1.54, 1.807) is 0 Å². The lowest BCUT2D eigenvalue weighted by Gasteiger charge is -2.21. The van der Waals surface area contributed by atoms with Crippen LogP contribution in [0, 0.1) is 20.8 Å². The van der Waals surface area contributed by atoms with Gasteiger partial charge in [0.25, 0.3) is 0 Å². The predicted molar refractivity (Wildman–Crippen MR) is 74.9 cm³/mol. The molecule has 1 aromatic rings. The molecule has 0 saturated heterocycles. The van der Waals surface area contributed by atoms with Gasteiger partial charge in [0.1, 0.15) is 0 Å². The third-order valence-electron chi connectivity index (χ3n) is 3.42. The zero-order chi connectivity index (χ0) is 13.7. The smallest absolute Gasteiger partial charge is 0.306 e. The van der Waals surface area contributed by atoms with E-state index in [2.05, 4.69) is 39.8 Å². The quantitative estimate of drug-likeness (QED) is 0.734. The fraction of sp³-hybridized carbons (Fsp3) is 0.562. The second kappa shape index (κ2) is 6.58. The number of hydrogen-bond acceptors (Lipinski definition) is 2. The Morgan fingerprint density at radius 2 is 1.78 bits per heavy atom. The van der Waals surface area contributed by atoms with E-state index >= 15 is 0 Å². The van der Waals surface area contributed by atoms with Crippen molar-refractivity contribution in [2.75, 3.05) is 7.11 Å². The monoisotopic (exact) mass is 248 g/mol. The number of methoxy groups -OCH3 is 1. The second-order valence-corrected chi connectivity index (χ2v) is 5.08. The van der Waals surface area contributed by atoms with E-state index in [9.17, 15) is 4.79 Å². The van der Waals surface area contributed by atoms with Gasteiger partial charge in [0.2, 0.25) is 0 Å². The summed E-state index contributed by atoms with van der Waals surface area (Å²) < 4.78 is 4.81. The molecule has 0 saturated carbocycles. The maximum absolute atomic E-state index is 11.5. The summed E-state index contributed by atoms with van der Waals surface area (Å²) in [6.07, 6.45) is 2.59. The fourth-order valence-electron chi connectivity index (χ4n) is 2.82. The minimum absolute atomic E-state index is 0.118. The van der Waals surface area contributed by atoms with Crippen LogP contribution >= 0.6 is 0 Å². The van der Waals surface area contributed by atoms with Crippen LogP contribution in [0.3, 0.4) is 0 Å². The fourth-order valence-corrected chi connectivity index (χ4v) is 2.82. The highest BCUT2D eigenvalue weighted by atomic mass is 16.5. The molecule has 1 aromatic carbocycles. The Morgan fingerprint density at radius 1 is 1.22 bits per heavy atom. The lowest BCUT2D eigenvalue weighted by Crippen LogP contribution is -2.11. The molecule has 100 valence electrons. The zero-order valence-corrected chi connectivity index (χ0v) is 12.2. The van der Waals surface area contributed by atoms with Crippen molar-refractivity contribution >= 4 is 5.97 Å². The largest absolute Gasteiger partial charge is 0.469 e. The van der Waals surface area contributed by atoms with Gasteiger partial charge in [-0.2, -0.15) is 0 Å². The van der Waals surface area contributed by atoms with Crippen LogP contribution in [0.5, 0.6) is 0 Å². The lowest BCUT2D eigenvalue weighted by atomic mass is 9.84. The Labute approximate surface area is 110 Å². The summed E-state index contributed by atoms with van der Waals surface area (Å²) >= 11 is 0. The molecule has 0 heterocycles. The number of rotatable bonds is 5. The van der Waals surface area contributed by atoms with Gasteiger partial charge >= 0.3 is 5.97 Å². The first-order valence-electron chi connectivity index (χ1n) is 6.64.